The zero-order valence-corrected chi connectivity index (χ0v) is 11.6. The standard InChI is InChI=1S/C16H18FNO2/c1-18-16(12-6-8-14(19-2)9-7-12)11-20-15-5-3-4-13(17)10-15/h3-10,16,18H,11H2,1-2H3. The van der Waals surface area contributed by atoms with Crippen LogP contribution in [0.25, 0.3) is 0 Å². The van der Waals surface area contributed by atoms with Crippen LogP contribution in [-0.4, -0.2) is 20.8 Å². The van der Waals surface area contributed by atoms with Crippen molar-refractivity contribution in [1.82, 2.24) is 5.32 Å². The van der Waals surface area contributed by atoms with Crippen LogP contribution < -0.4 is 14.8 Å². The molecule has 0 bridgehead atoms. The summed E-state index contributed by atoms with van der Waals surface area (Å²) in [5.41, 5.74) is 1.09. The Hall–Kier alpha value is -2.07. The van der Waals surface area contributed by atoms with E-state index < -0.39 is 0 Å². The highest BCUT2D eigenvalue weighted by Gasteiger charge is 2.10. The maximum Gasteiger partial charge on any atom is 0.126 e. The highest BCUT2D eigenvalue weighted by Crippen LogP contribution is 2.19. The monoisotopic (exact) mass is 275 g/mol. The predicted octanol–water partition coefficient (Wildman–Crippen LogP) is 3.17. The van der Waals surface area contributed by atoms with Gasteiger partial charge in [0.2, 0.25) is 0 Å². The van der Waals surface area contributed by atoms with E-state index in [2.05, 4.69) is 5.32 Å². The first-order valence-corrected chi connectivity index (χ1v) is 6.42. The van der Waals surface area contributed by atoms with Crippen molar-refractivity contribution in [3.05, 3.63) is 59.9 Å². The molecule has 4 heteroatoms. The number of methoxy groups -OCH3 is 1. The van der Waals surface area contributed by atoms with E-state index in [1.807, 2.05) is 31.3 Å². The second-order valence-electron chi connectivity index (χ2n) is 4.38. The molecule has 0 radical (unpaired) electrons. The lowest BCUT2D eigenvalue weighted by Gasteiger charge is -2.18. The summed E-state index contributed by atoms with van der Waals surface area (Å²) >= 11 is 0. The fourth-order valence-corrected chi connectivity index (χ4v) is 1.92. The smallest absolute Gasteiger partial charge is 0.126 e. The normalized spacial score (nSPS) is 11.9. The Bertz CT molecular complexity index is 542. The van der Waals surface area contributed by atoms with Gasteiger partial charge in [-0.2, -0.15) is 0 Å². The molecule has 0 spiro atoms. The fraction of sp³-hybridized carbons (Fsp3) is 0.250. The van der Waals surface area contributed by atoms with Gasteiger partial charge >= 0.3 is 0 Å². The Kier molecular flexibility index (Phi) is 4.96. The number of hydrogen-bond donors (Lipinski definition) is 1. The zero-order chi connectivity index (χ0) is 14.4. The largest absolute Gasteiger partial charge is 0.497 e. The lowest BCUT2D eigenvalue weighted by molar-refractivity contribution is 0.272. The van der Waals surface area contributed by atoms with Crippen molar-refractivity contribution in [3.63, 3.8) is 0 Å². The Morgan fingerprint density at radius 3 is 2.45 bits per heavy atom. The molecule has 1 atom stereocenters. The van der Waals surface area contributed by atoms with Crippen LogP contribution in [0.4, 0.5) is 4.39 Å². The summed E-state index contributed by atoms with van der Waals surface area (Å²) in [5.74, 6) is 1.04. The van der Waals surface area contributed by atoms with Gasteiger partial charge in [0.1, 0.15) is 23.9 Å². The lowest BCUT2D eigenvalue weighted by atomic mass is 10.1. The SMILES string of the molecule is CNC(COc1cccc(F)c1)c1ccc(OC)cc1. The maximum atomic E-state index is 13.1. The predicted molar refractivity (Wildman–Crippen MR) is 76.7 cm³/mol. The first kappa shape index (κ1) is 14.3. The molecule has 0 saturated carbocycles. The van der Waals surface area contributed by atoms with Crippen LogP contribution in [0.1, 0.15) is 11.6 Å². The van der Waals surface area contributed by atoms with Gasteiger partial charge in [0.05, 0.1) is 13.2 Å². The second kappa shape index (κ2) is 6.91. The number of nitrogens with one attached hydrogen (secondary N) is 1. The highest BCUT2D eigenvalue weighted by molar-refractivity contribution is 5.29. The van der Waals surface area contributed by atoms with Crippen molar-refractivity contribution in [3.8, 4) is 11.5 Å². The van der Waals surface area contributed by atoms with Gasteiger partial charge in [-0.05, 0) is 36.9 Å². The van der Waals surface area contributed by atoms with Gasteiger partial charge in [-0.15, -0.1) is 0 Å². The molecule has 0 amide bonds. The molecule has 20 heavy (non-hydrogen) atoms. The first-order valence-electron chi connectivity index (χ1n) is 6.42. The van der Waals surface area contributed by atoms with Crippen molar-refractivity contribution in [1.29, 1.82) is 0 Å². The Morgan fingerprint density at radius 2 is 1.85 bits per heavy atom. The van der Waals surface area contributed by atoms with Crippen LogP contribution in [0.3, 0.4) is 0 Å². The van der Waals surface area contributed by atoms with Gasteiger partial charge in [0, 0.05) is 6.07 Å². The molecule has 2 aromatic rings. The molecule has 0 fully saturated rings. The van der Waals surface area contributed by atoms with E-state index in [1.165, 1.54) is 12.1 Å². The second-order valence-corrected chi connectivity index (χ2v) is 4.38. The molecule has 0 aliphatic rings. The van der Waals surface area contributed by atoms with E-state index in [9.17, 15) is 4.39 Å². The summed E-state index contributed by atoms with van der Waals surface area (Å²) in [4.78, 5) is 0. The van der Waals surface area contributed by atoms with Crippen molar-refractivity contribution in [2.45, 2.75) is 6.04 Å². The molecule has 3 nitrogen and oxygen atoms in total. The van der Waals surface area contributed by atoms with Crippen LogP contribution in [0.15, 0.2) is 48.5 Å². The minimum absolute atomic E-state index is 0.0316. The van der Waals surface area contributed by atoms with Gasteiger partial charge in [0.15, 0.2) is 0 Å². The third-order valence-electron chi connectivity index (χ3n) is 3.08. The van der Waals surface area contributed by atoms with E-state index >= 15 is 0 Å². The van der Waals surface area contributed by atoms with Crippen LogP contribution >= 0.6 is 0 Å². The van der Waals surface area contributed by atoms with Gasteiger partial charge in [-0.1, -0.05) is 18.2 Å². The van der Waals surface area contributed by atoms with Crippen LogP contribution in [0, 0.1) is 5.82 Å². The van der Waals surface area contributed by atoms with E-state index in [0.29, 0.717) is 12.4 Å². The molecule has 0 aromatic heterocycles. The number of likely N-dealkylation sites (N-methyl/N-ethyl adjacent to an activating group) is 1. The number of ether oxygens (including phenoxy) is 2. The van der Waals surface area contributed by atoms with E-state index in [0.717, 1.165) is 11.3 Å². The van der Waals surface area contributed by atoms with Gasteiger partial charge in [0.25, 0.3) is 0 Å². The molecule has 2 aromatic carbocycles. The van der Waals surface area contributed by atoms with Crippen molar-refractivity contribution < 1.29 is 13.9 Å². The minimum atomic E-state index is -0.298. The molecule has 2 rings (SSSR count). The van der Waals surface area contributed by atoms with Crippen LogP contribution in [0.5, 0.6) is 11.5 Å². The molecule has 1 N–H and O–H groups in total. The summed E-state index contributed by atoms with van der Waals surface area (Å²) in [6, 6.07) is 13.9. The summed E-state index contributed by atoms with van der Waals surface area (Å²) < 4.78 is 23.8. The Labute approximate surface area is 118 Å². The summed E-state index contributed by atoms with van der Waals surface area (Å²) in [6.07, 6.45) is 0. The molecule has 0 aliphatic heterocycles. The maximum absolute atomic E-state index is 13.1. The minimum Gasteiger partial charge on any atom is -0.497 e. The average molecular weight is 275 g/mol. The third kappa shape index (κ3) is 3.71. The van der Waals surface area contributed by atoms with Crippen molar-refractivity contribution >= 4 is 0 Å². The zero-order valence-electron chi connectivity index (χ0n) is 11.6. The molecule has 0 heterocycles. The fourth-order valence-electron chi connectivity index (χ4n) is 1.92. The summed E-state index contributed by atoms with van der Waals surface area (Å²) in [5, 5.41) is 3.18. The number of benzene rings is 2. The van der Waals surface area contributed by atoms with Crippen LogP contribution in [0.2, 0.25) is 0 Å². The highest BCUT2D eigenvalue weighted by atomic mass is 19.1. The van der Waals surface area contributed by atoms with Crippen molar-refractivity contribution in [2.24, 2.45) is 0 Å². The topological polar surface area (TPSA) is 30.5 Å². The van der Waals surface area contributed by atoms with Crippen LogP contribution in [-0.2, 0) is 0 Å². The Balaban J connectivity index is 2.01. The number of halogens is 1. The molecule has 0 aliphatic carbocycles. The number of hydrogen-bond acceptors (Lipinski definition) is 3. The molecule has 0 saturated heterocycles. The van der Waals surface area contributed by atoms with Crippen molar-refractivity contribution in [2.75, 3.05) is 20.8 Å². The molecular weight excluding hydrogens is 257 g/mol. The lowest BCUT2D eigenvalue weighted by Crippen LogP contribution is -2.23. The van der Waals surface area contributed by atoms with E-state index in [1.54, 1.807) is 19.2 Å². The van der Waals surface area contributed by atoms with E-state index in [4.69, 9.17) is 9.47 Å². The quantitative estimate of drug-likeness (QED) is 0.878. The van der Waals surface area contributed by atoms with Gasteiger partial charge < -0.3 is 14.8 Å². The van der Waals surface area contributed by atoms with Gasteiger partial charge in [-0.3, -0.25) is 0 Å². The molecule has 1 unspecified atom stereocenters. The summed E-state index contributed by atoms with van der Waals surface area (Å²) in [7, 11) is 3.50. The van der Waals surface area contributed by atoms with E-state index in [-0.39, 0.29) is 11.9 Å². The van der Waals surface area contributed by atoms with Gasteiger partial charge in [-0.25, -0.2) is 4.39 Å². The molecule has 106 valence electrons. The Morgan fingerprint density at radius 1 is 1.10 bits per heavy atom. The number of rotatable bonds is 6. The first-order chi connectivity index (χ1) is 9.72. The summed E-state index contributed by atoms with van der Waals surface area (Å²) in [6.45, 7) is 0.423. The average Bonchev–Trinajstić information content (AvgIpc) is 2.48. The third-order valence-corrected chi connectivity index (χ3v) is 3.08. The molecular formula is C16H18FNO2.